The number of hydrogen-bond acceptors (Lipinski definition) is 5. The lowest BCUT2D eigenvalue weighted by Gasteiger charge is -2.38. The van der Waals surface area contributed by atoms with Crippen molar-refractivity contribution >= 4 is 28.1 Å². The van der Waals surface area contributed by atoms with Gasteiger partial charge in [-0.15, -0.1) is 11.3 Å². The highest BCUT2D eigenvalue weighted by atomic mass is 32.1. The van der Waals surface area contributed by atoms with Crippen molar-refractivity contribution in [1.29, 1.82) is 0 Å². The Hall–Kier alpha value is -1.92. The number of anilines is 2. The van der Waals surface area contributed by atoms with E-state index >= 15 is 0 Å². The zero-order chi connectivity index (χ0) is 16.2. The molecule has 23 heavy (non-hydrogen) atoms. The molecular weight excluding hydrogens is 308 g/mol. The molecule has 1 aromatic heterocycles. The molecule has 2 heterocycles. The number of nitrogens with two attached hydrogens (primary N) is 1. The zero-order valence-corrected chi connectivity index (χ0v) is 14.1. The summed E-state index contributed by atoms with van der Waals surface area (Å²) in [6.45, 7) is 3.49. The Kier molecular flexibility index (Phi) is 4.93. The summed E-state index contributed by atoms with van der Waals surface area (Å²) in [7, 11) is 0. The molecule has 1 aliphatic rings. The predicted molar refractivity (Wildman–Crippen MR) is 94.1 cm³/mol. The minimum absolute atomic E-state index is 0.0646. The van der Waals surface area contributed by atoms with Gasteiger partial charge in [0.2, 0.25) is 0 Å². The first-order valence-electron chi connectivity index (χ1n) is 7.95. The lowest BCUT2D eigenvalue weighted by molar-refractivity contribution is 0.0559. The second kappa shape index (κ2) is 7.10. The van der Waals surface area contributed by atoms with Gasteiger partial charge in [-0.1, -0.05) is 13.0 Å². The molecular formula is C17H22N4OS. The van der Waals surface area contributed by atoms with Crippen LogP contribution in [-0.2, 0) is 0 Å². The summed E-state index contributed by atoms with van der Waals surface area (Å²) in [5.74, 6) is 0.591. The van der Waals surface area contributed by atoms with Gasteiger partial charge >= 0.3 is 0 Å². The monoisotopic (exact) mass is 330 g/mol. The molecule has 1 aliphatic heterocycles. The number of carbonyl (C=O) groups excluding carboxylic acids is 1. The predicted octanol–water partition coefficient (Wildman–Crippen LogP) is 3.09. The van der Waals surface area contributed by atoms with Gasteiger partial charge in [0.05, 0.1) is 0 Å². The average molecular weight is 330 g/mol. The van der Waals surface area contributed by atoms with Gasteiger partial charge in [-0.3, -0.25) is 4.79 Å². The van der Waals surface area contributed by atoms with Gasteiger partial charge in [-0.25, -0.2) is 4.98 Å². The normalized spacial score (nSPS) is 21.2. The van der Waals surface area contributed by atoms with Gasteiger partial charge in [-0.05, 0) is 37.0 Å². The van der Waals surface area contributed by atoms with Crippen LogP contribution in [0, 0.1) is 5.92 Å². The van der Waals surface area contributed by atoms with Gasteiger partial charge in [0.25, 0.3) is 5.91 Å². The van der Waals surface area contributed by atoms with E-state index in [0.717, 1.165) is 30.2 Å². The van der Waals surface area contributed by atoms with E-state index in [1.165, 1.54) is 11.3 Å². The summed E-state index contributed by atoms with van der Waals surface area (Å²) >= 11 is 1.53. The molecule has 2 aromatic rings. The SMILES string of the molecule is CC1CCC(CN)N(C(=O)c2cccc(Nc3nccs3)c2)C1. The maximum atomic E-state index is 12.9. The fourth-order valence-electron chi connectivity index (χ4n) is 3.01. The number of nitrogens with one attached hydrogen (secondary N) is 1. The molecule has 5 nitrogen and oxygen atoms in total. The van der Waals surface area contributed by atoms with Crippen LogP contribution in [0.25, 0.3) is 0 Å². The van der Waals surface area contributed by atoms with E-state index < -0.39 is 0 Å². The number of amides is 1. The van der Waals surface area contributed by atoms with Gasteiger partial charge in [0.1, 0.15) is 0 Å². The molecule has 2 atom stereocenters. The van der Waals surface area contributed by atoms with Gasteiger partial charge in [0.15, 0.2) is 5.13 Å². The molecule has 1 amide bonds. The Morgan fingerprint density at radius 1 is 1.48 bits per heavy atom. The number of likely N-dealkylation sites (tertiary alicyclic amines) is 1. The van der Waals surface area contributed by atoms with E-state index in [9.17, 15) is 4.79 Å². The third kappa shape index (κ3) is 3.71. The Morgan fingerprint density at radius 3 is 3.09 bits per heavy atom. The van der Waals surface area contributed by atoms with Crippen molar-refractivity contribution in [2.24, 2.45) is 11.7 Å². The molecule has 0 spiro atoms. The summed E-state index contributed by atoms with van der Waals surface area (Å²) in [4.78, 5) is 19.0. The molecule has 0 saturated carbocycles. The van der Waals surface area contributed by atoms with E-state index in [2.05, 4.69) is 17.2 Å². The fourth-order valence-corrected chi connectivity index (χ4v) is 3.56. The van der Waals surface area contributed by atoms with E-state index in [1.54, 1.807) is 6.20 Å². The van der Waals surface area contributed by atoms with Crippen molar-refractivity contribution in [3.05, 3.63) is 41.4 Å². The highest BCUT2D eigenvalue weighted by Crippen LogP contribution is 2.25. The number of thiazole rings is 1. The molecule has 3 N–H and O–H groups in total. The minimum Gasteiger partial charge on any atom is -0.334 e. The molecule has 0 aliphatic carbocycles. The first-order valence-corrected chi connectivity index (χ1v) is 8.83. The Balaban J connectivity index is 1.78. The molecule has 1 aromatic carbocycles. The van der Waals surface area contributed by atoms with E-state index in [4.69, 9.17) is 5.73 Å². The molecule has 0 radical (unpaired) electrons. The van der Waals surface area contributed by atoms with Crippen molar-refractivity contribution in [2.45, 2.75) is 25.8 Å². The lowest BCUT2D eigenvalue weighted by atomic mass is 9.93. The standard InChI is InChI=1S/C17H22N4OS/c1-12-5-6-15(10-18)21(11-12)16(22)13-3-2-4-14(9-13)20-17-19-7-8-23-17/h2-4,7-9,12,15H,5-6,10-11,18H2,1H3,(H,19,20). The molecule has 1 fully saturated rings. The van der Waals surface area contributed by atoms with Crippen LogP contribution in [-0.4, -0.2) is 34.9 Å². The lowest BCUT2D eigenvalue weighted by Crippen LogP contribution is -2.49. The smallest absolute Gasteiger partial charge is 0.254 e. The van der Waals surface area contributed by atoms with Gasteiger partial charge in [-0.2, -0.15) is 0 Å². The molecule has 1 saturated heterocycles. The maximum Gasteiger partial charge on any atom is 0.254 e. The van der Waals surface area contributed by atoms with Crippen LogP contribution in [0.1, 0.15) is 30.1 Å². The van der Waals surface area contributed by atoms with Gasteiger partial charge < -0.3 is 16.0 Å². The van der Waals surface area contributed by atoms with Crippen LogP contribution in [0.5, 0.6) is 0 Å². The second-order valence-corrected chi connectivity index (χ2v) is 6.97. The first kappa shape index (κ1) is 16.0. The highest BCUT2D eigenvalue weighted by molar-refractivity contribution is 7.13. The quantitative estimate of drug-likeness (QED) is 0.904. The van der Waals surface area contributed by atoms with Crippen molar-refractivity contribution in [3.63, 3.8) is 0 Å². The van der Waals surface area contributed by atoms with E-state index in [1.807, 2.05) is 34.5 Å². The van der Waals surface area contributed by atoms with Gasteiger partial charge in [0, 0.05) is 42.0 Å². The van der Waals surface area contributed by atoms with Crippen LogP contribution >= 0.6 is 11.3 Å². The highest BCUT2D eigenvalue weighted by Gasteiger charge is 2.29. The zero-order valence-electron chi connectivity index (χ0n) is 13.2. The van der Waals surface area contributed by atoms with Crippen molar-refractivity contribution < 1.29 is 4.79 Å². The van der Waals surface area contributed by atoms with E-state index in [0.29, 0.717) is 18.0 Å². The summed E-state index contributed by atoms with van der Waals surface area (Å²) in [5, 5.41) is 5.96. The average Bonchev–Trinajstić information content (AvgIpc) is 3.07. The van der Waals surface area contributed by atoms with Crippen molar-refractivity contribution in [3.8, 4) is 0 Å². The largest absolute Gasteiger partial charge is 0.334 e. The van der Waals surface area contributed by atoms with Crippen molar-refractivity contribution in [2.75, 3.05) is 18.4 Å². The molecule has 3 rings (SSSR count). The first-order chi connectivity index (χ1) is 11.2. The number of aromatic nitrogens is 1. The second-order valence-electron chi connectivity index (χ2n) is 6.07. The maximum absolute atomic E-state index is 12.9. The third-order valence-electron chi connectivity index (χ3n) is 4.27. The van der Waals surface area contributed by atoms with Crippen molar-refractivity contribution in [1.82, 2.24) is 9.88 Å². The Morgan fingerprint density at radius 2 is 2.35 bits per heavy atom. The summed E-state index contributed by atoms with van der Waals surface area (Å²) in [5.41, 5.74) is 7.43. The Bertz CT molecular complexity index is 658. The third-order valence-corrected chi connectivity index (χ3v) is 4.96. The van der Waals surface area contributed by atoms with Crippen LogP contribution in [0.15, 0.2) is 35.8 Å². The number of rotatable bonds is 4. The molecule has 2 unspecified atom stereocenters. The topological polar surface area (TPSA) is 71.2 Å². The number of nitrogens with zero attached hydrogens (tertiary/aromatic N) is 2. The molecule has 0 bridgehead atoms. The number of carbonyl (C=O) groups is 1. The Labute approximate surface area is 140 Å². The van der Waals surface area contributed by atoms with E-state index in [-0.39, 0.29) is 11.9 Å². The fraction of sp³-hybridized carbons (Fsp3) is 0.412. The minimum atomic E-state index is 0.0646. The van der Waals surface area contributed by atoms with Crippen LogP contribution in [0.4, 0.5) is 10.8 Å². The van der Waals surface area contributed by atoms with Crippen LogP contribution in [0.2, 0.25) is 0 Å². The number of hydrogen-bond donors (Lipinski definition) is 2. The van der Waals surface area contributed by atoms with Crippen LogP contribution < -0.4 is 11.1 Å². The summed E-state index contributed by atoms with van der Waals surface area (Å²) in [6, 6.07) is 7.73. The summed E-state index contributed by atoms with van der Waals surface area (Å²) < 4.78 is 0. The number of piperidine rings is 1. The molecule has 122 valence electrons. The number of benzene rings is 1. The summed E-state index contributed by atoms with van der Waals surface area (Å²) in [6.07, 6.45) is 3.88. The molecule has 6 heteroatoms. The van der Waals surface area contributed by atoms with Crippen LogP contribution in [0.3, 0.4) is 0 Å².